The van der Waals surface area contributed by atoms with Crippen LogP contribution in [-0.4, -0.2) is 57.0 Å². The van der Waals surface area contributed by atoms with Gasteiger partial charge in [-0.3, -0.25) is 9.59 Å². The number of carbonyl (C=O) groups is 2. The highest BCUT2D eigenvalue weighted by Crippen LogP contribution is 2.41. The van der Waals surface area contributed by atoms with E-state index in [0.29, 0.717) is 19.3 Å². The number of aliphatic hydroxyl groups excluding tert-OH is 2. The minimum Gasteiger partial charge on any atom is -0.458 e. The number of fused-ring (bicyclic) bond motifs is 2. The molecule has 2 bridgehead atoms. The highest BCUT2D eigenvalue weighted by atomic mass is 32.1. The summed E-state index contributed by atoms with van der Waals surface area (Å²) in [6, 6.07) is 0. The molecule has 3 heterocycles. The number of thiazole rings is 1. The Morgan fingerprint density at radius 1 is 1.23 bits per heavy atom. The van der Waals surface area contributed by atoms with Gasteiger partial charge in [0.15, 0.2) is 0 Å². The lowest BCUT2D eigenvalue weighted by Gasteiger charge is -2.42. The Balaban J connectivity index is 2.00. The lowest BCUT2D eigenvalue weighted by atomic mass is 9.73. The normalized spacial score (nSPS) is 37.5. The van der Waals surface area contributed by atoms with Crippen molar-refractivity contribution in [2.75, 3.05) is 0 Å². The first-order valence-electron chi connectivity index (χ1n) is 12.6. The highest BCUT2D eigenvalue weighted by molar-refractivity contribution is 7.09. The Kier molecular flexibility index (Phi) is 8.62. The number of hydrogen-bond donors (Lipinski definition) is 2. The average Bonchev–Trinajstić information content (AvgIpc) is 3.20. The molecule has 2 aliphatic heterocycles. The molecule has 2 aliphatic rings. The summed E-state index contributed by atoms with van der Waals surface area (Å²) in [7, 11) is 0. The zero-order chi connectivity index (χ0) is 26.1. The van der Waals surface area contributed by atoms with Crippen molar-refractivity contribution in [1.82, 2.24) is 4.98 Å². The van der Waals surface area contributed by atoms with E-state index in [1.165, 1.54) is 0 Å². The molecule has 8 heteroatoms. The predicted octanol–water partition coefficient (Wildman–Crippen LogP) is 4.48. The molecular weight excluding hydrogens is 466 g/mol. The first-order valence-corrected chi connectivity index (χ1v) is 13.5. The summed E-state index contributed by atoms with van der Waals surface area (Å²) in [6.45, 7) is 12.9. The second-order valence-corrected chi connectivity index (χ2v) is 12.3. The van der Waals surface area contributed by atoms with Gasteiger partial charge in [0.25, 0.3) is 0 Å². The number of aromatic nitrogens is 1. The summed E-state index contributed by atoms with van der Waals surface area (Å²) in [4.78, 5) is 31.1. The summed E-state index contributed by atoms with van der Waals surface area (Å²) < 4.78 is 12.4. The van der Waals surface area contributed by atoms with Crippen molar-refractivity contribution in [3.8, 4) is 0 Å². The van der Waals surface area contributed by atoms with Gasteiger partial charge in [-0.1, -0.05) is 34.1 Å². The first-order chi connectivity index (χ1) is 16.2. The number of Topliss-reactive ketones (excluding diaryl/α,β-unsaturated/α-hetero) is 1. The van der Waals surface area contributed by atoms with E-state index in [0.717, 1.165) is 16.3 Å². The Morgan fingerprint density at radius 2 is 1.91 bits per heavy atom. The Labute approximate surface area is 212 Å². The summed E-state index contributed by atoms with van der Waals surface area (Å²) in [5, 5.41) is 25.2. The van der Waals surface area contributed by atoms with E-state index < -0.39 is 47.3 Å². The number of esters is 1. The maximum Gasteiger partial charge on any atom is 0.309 e. The molecule has 2 fully saturated rings. The zero-order valence-corrected chi connectivity index (χ0v) is 22.9. The fourth-order valence-corrected chi connectivity index (χ4v) is 5.89. The van der Waals surface area contributed by atoms with E-state index in [9.17, 15) is 19.8 Å². The molecule has 0 saturated carbocycles. The molecule has 3 rings (SSSR count). The summed E-state index contributed by atoms with van der Waals surface area (Å²) in [5.74, 6) is -1.30. The molecule has 2 saturated heterocycles. The number of cyclic esters (lactones) is 1. The van der Waals surface area contributed by atoms with Crippen LogP contribution in [-0.2, 0) is 19.1 Å². The fraction of sp³-hybridized carbons (Fsp3) is 0.741. The molecule has 35 heavy (non-hydrogen) atoms. The van der Waals surface area contributed by atoms with Gasteiger partial charge in [0.1, 0.15) is 11.9 Å². The largest absolute Gasteiger partial charge is 0.458 e. The van der Waals surface area contributed by atoms with Gasteiger partial charge < -0.3 is 19.7 Å². The highest BCUT2D eigenvalue weighted by Gasteiger charge is 2.49. The van der Waals surface area contributed by atoms with Gasteiger partial charge in [-0.25, -0.2) is 4.98 Å². The second-order valence-electron chi connectivity index (χ2n) is 11.3. The van der Waals surface area contributed by atoms with Gasteiger partial charge >= 0.3 is 5.97 Å². The molecule has 2 N–H and O–H groups in total. The summed E-state index contributed by atoms with van der Waals surface area (Å²) >= 11 is 1.54. The minimum atomic E-state index is -1.06. The van der Waals surface area contributed by atoms with Crippen LogP contribution in [0.4, 0.5) is 0 Å². The number of hydrogen-bond acceptors (Lipinski definition) is 8. The summed E-state index contributed by atoms with van der Waals surface area (Å²) in [6.07, 6.45) is 0.787. The molecular formula is C27H41NO6S. The van der Waals surface area contributed by atoms with Crippen molar-refractivity contribution in [3.63, 3.8) is 0 Å². The van der Waals surface area contributed by atoms with Crippen molar-refractivity contribution in [1.29, 1.82) is 0 Å². The number of aryl methyl sites for hydroxylation is 1. The summed E-state index contributed by atoms with van der Waals surface area (Å²) in [5.41, 5.74) is -0.453. The molecule has 1 aromatic heterocycles. The van der Waals surface area contributed by atoms with E-state index >= 15 is 0 Å². The van der Waals surface area contributed by atoms with Crippen molar-refractivity contribution >= 4 is 29.2 Å². The Hall–Kier alpha value is -1.61. The number of aliphatic hydroxyl groups is 2. The van der Waals surface area contributed by atoms with Gasteiger partial charge in [-0.15, -0.1) is 11.3 Å². The molecule has 1 unspecified atom stereocenters. The second kappa shape index (κ2) is 10.8. The number of ketones is 1. The molecule has 0 aliphatic carbocycles. The van der Waals surface area contributed by atoms with Crippen LogP contribution in [0.5, 0.6) is 0 Å². The molecule has 0 spiro atoms. The topological polar surface area (TPSA) is 106 Å². The number of carbonyl (C=O) groups excluding carboxylic acids is 2. The SMILES string of the molecule is C/C(=C\c1csc(C)n1)[C@@H]1C[C@H](O)[C@@]2(C)CCC[C@H](C)[C@H](O)[C@@H](C)C(=O)C(C)(C)C(CC(=O)O1)O2. The van der Waals surface area contributed by atoms with E-state index in [1.54, 1.807) is 32.1 Å². The molecule has 7 atom stereocenters. The van der Waals surface area contributed by atoms with Crippen LogP contribution in [0.1, 0.15) is 84.3 Å². The Morgan fingerprint density at radius 3 is 2.54 bits per heavy atom. The number of nitrogens with zero attached hydrogens (tertiary/aromatic N) is 1. The van der Waals surface area contributed by atoms with Crippen LogP contribution in [0.25, 0.3) is 6.08 Å². The van der Waals surface area contributed by atoms with Crippen LogP contribution in [0.2, 0.25) is 0 Å². The zero-order valence-electron chi connectivity index (χ0n) is 22.0. The number of rotatable bonds is 2. The third kappa shape index (κ3) is 6.21. The third-order valence-corrected chi connectivity index (χ3v) is 8.77. The fourth-order valence-electron chi connectivity index (χ4n) is 5.32. The van der Waals surface area contributed by atoms with E-state index in [-0.39, 0.29) is 24.5 Å². The van der Waals surface area contributed by atoms with Crippen LogP contribution in [0, 0.1) is 24.2 Å². The lowest BCUT2D eigenvalue weighted by molar-refractivity contribution is -0.185. The van der Waals surface area contributed by atoms with Crippen LogP contribution in [0.15, 0.2) is 11.0 Å². The first kappa shape index (κ1) is 28.0. The maximum atomic E-state index is 13.5. The van der Waals surface area contributed by atoms with Crippen molar-refractivity contribution in [2.24, 2.45) is 17.3 Å². The van der Waals surface area contributed by atoms with E-state index in [4.69, 9.17) is 9.47 Å². The molecule has 0 aromatic carbocycles. The van der Waals surface area contributed by atoms with E-state index in [2.05, 4.69) is 4.98 Å². The van der Waals surface area contributed by atoms with Crippen LogP contribution >= 0.6 is 11.3 Å². The molecule has 7 nitrogen and oxygen atoms in total. The molecule has 0 amide bonds. The van der Waals surface area contributed by atoms with Gasteiger partial charge in [0, 0.05) is 17.7 Å². The Bertz CT molecular complexity index is 955. The quantitative estimate of drug-likeness (QED) is 0.569. The van der Waals surface area contributed by atoms with Gasteiger partial charge in [-0.05, 0) is 51.2 Å². The van der Waals surface area contributed by atoms with E-state index in [1.807, 2.05) is 39.2 Å². The maximum absolute atomic E-state index is 13.5. The van der Waals surface area contributed by atoms with Gasteiger partial charge in [0.05, 0.1) is 46.5 Å². The lowest BCUT2D eigenvalue weighted by Crippen LogP contribution is -2.52. The average molecular weight is 508 g/mol. The monoisotopic (exact) mass is 507 g/mol. The van der Waals surface area contributed by atoms with Crippen molar-refractivity contribution in [3.05, 3.63) is 21.7 Å². The van der Waals surface area contributed by atoms with Crippen molar-refractivity contribution in [2.45, 2.75) is 111 Å². The smallest absolute Gasteiger partial charge is 0.309 e. The minimum absolute atomic E-state index is 0.0694. The van der Waals surface area contributed by atoms with Crippen LogP contribution in [0.3, 0.4) is 0 Å². The predicted molar refractivity (Wildman–Crippen MR) is 136 cm³/mol. The standard InChI is InChI=1S/C27H41NO6S/c1-15-9-8-10-27(7)21(29)12-20(16(2)11-19-14-35-18(4)28-19)33-23(30)13-22(34-27)26(5,6)25(32)17(3)24(15)31/h11,14-15,17,20-22,24,29,31H,8-10,12-13H2,1-7H3/b16-11+/t15-,17+,20-,21-,22?,24-,27+/m0/s1. The third-order valence-electron chi connectivity index (χ3n) is 7.98. The number of ether oxygens (including phenoxy) is 2. The van der Waals surface area contributed by atoms with Gasteiger partial charge in [0.2, 0.25) is 0 Å². The van der Waals surface area contributed by atoms with Gasteiger partial charge in [-0.2, -0.15) is 0 Å². The molecule has 1 aromatic rings. The van der Waals surface area contributed by atoms with Crippen molar-refractivity contribution < 1.29 is 29.3 Å². The molecule has 0 radical (unpaired) electrons. The van der Waals surface area contributed by atoms with Crippen LogP contribution < -0.4 is 0 Å². The molecule has 196 valence electrons.